The van der Waals surface area contributed by atoms with Gasteiger partial charge in [0.2, 0.25) is 0 Å². The van der Waals surface area contributed by atoms with Gasteiger partial charge in [0.15, 0.2) is 5.17 Å². The zero-order chi connectivity index (χ0) is 11.6. The summed E-state index contributed by atoms with van der Waals surface area (Å²) in [7, 11) is 2.17. The molecular weight excluding hydrogens is 220 g/mol. The fourth-order valence-electron chi connectivity index (χ4n) is 1.76. The van der Waals surface area contributed by atoms with Gasteiger partial charge in [0, 0.05) is 38.5 Å². The number of piperazine rings is 1. The van der Waals surface area contributed by atoms with Gasteiger partial charge >= 0.3 is 0 Å². The fourth-order valence-corrected chi connectivity index (χ4v) is 2.73. The highest BCUT2D eigenvalue weighted by Gasteiger charge is 2.24. The van der Waals surface area contributed by atoms with Crippen molar-refractivity contribution in [3.63, 3.8) is 0 Å². The van der Waals surface area contributed by atoms with Crippen molar-refractivity contribution in [3.8, 4) is 0 Å². The second-order valence-corrected chi connectivity index (χ2v) is 6.44. The molecule has 0 aromatic rings. The Morgan fingerprint density at radius 2 is 1.94 bits per heavy atom. The minimum Gasteiger partial charge on any atom is -0.304 e. The Hall–Kier alpha value is -0.260. The zero-order valence-electron chi connectivity index (χ0n) is 10.5. The van der Waals surface area contributed by atoms with Crippen molar-refractivity contribution in [1.29, 1.82) is 0 Å². The van der Waals surface area contributed by atoms with E-state index in [4.69, 9.17) is 0 Å². The molecule has 4 nitrogen and oxygen atoms in total. The Morgan fingerprint density at radius 1 is 1.25 bits per heavy atom. The molecule has 2 rings (SSSR count). The highest BCUT2D eigenvalue weighted by molar-refractivity contribution is 8.13. The summed E-state index contributed by atoms with van der Waals surface area (Å²) in [6.45, 7) is 9.92. The minimum atomic E-state index is 0.359. The Balaban J connectivity index is 1.80. The lowest BCUT2D eigenvalue weighted by atomic mass is 9.97. The average molecular weight is 242 g/mol. The van der Waals surface area contributed by atoms with Crippen LogP contribution >= 0.6 is 11.8 Å². The van der Waals surface area contributed by atoms with Crippen LogP contribution in [0.5, 0.6) is 0 Å². The van der Waals surface area contributed by atoms with Gasteiger partial charge in [-0.05, 0) is 12.5 Å². The average Bonchev–Trinajstić information content (AvgIpc) is 2.24. The van der Waals surface area contributed by atoms with Crippen LogP contribution in [0.25, 0.3) is 0 Å². The molecule has 2 aliphatic heterocycles. The first-order valence-corrected chi connectivity index (χ1v) is 6.91. The van der Waals surface area contributed by atoms with Crippen LogP contribution in [-0.4, -0.2) is 60.6 Å². The van der Waals surface area contributed by atoms with Crippen LogP contribution in [-0.2, 0) is 0 Å². The van der Waals surface area contributed by atoms with E-state index >= 15 is 0 Å². The Bertz CT molecular complexity index is 269. The molecule has 1 fully saturated rings. The van der Waals surface area contributed by atoms with Gasteiger partial charge in [0.1, 0.15) is 0 Å². The number of nitrogens with zero attached hydrogens (tertiary/aromatic N) is 3. The maximum atomic E-state index is 4.61. The van der Waals surface area contributed by atoms with E-state index in [0.29, 0.717) is 5.41 Å². The normalized spacial score (nSPS) is 27.6. The quantitative estimate of drug-likeness (QED) is 0.739. The first-order chi connectivity index (χ1) is 7.55. The number of hydrogen-bond donors (Lipinski definition) is 1. The summed E-state index contributed by atoms with van der Waals surface area (Å²) in [5, 5.41) is 3.38. The van der Waals surface area contributed by atoms with Crippen LogP contribution in [0.4, 0.5) is 0 Å². The molecule has 0 amide bonds. The van der Waals surface area contributed by atoms with E-state index in [9.17, 15) is 0 Å². The standard InChI is InChI=1S/C11H22N4S/c1-11(2)8-12-10(16-9-11)13-15-6-4-14(3)5-7-15/h4-9H2,1-3H3,(H,12,13). The van der Waals surface area contributed by atoms with E-state index in [2.05, 4.69) is 41.2 Å². The summed E-state index contributed by atoms with van der Waals surface area (Å²) in [6.07, 6.45) is 0. The molecule has 0 aromatic heterocycles. The van der Waals surface area contributed by atoms with E-state index in [1.165, 1.54) is 0 Å². The predicted molar refractivity (Wildman–Crippen MR) is 70.7 cm³/mol. The fraction of sp³-hybridized carbons (Fsp3) is 0.909. The second-order valence-electron chi connectivity index (χ2n) is 5.48. The third kappa shape index (κ3) is 3.37. The number of hydrazine groups is 1. The molecule has 0 atom stereocenters. The number of hydrogen-bond acceptors (Lipinski definition) is 5. The topological polar surface area (TPSA) is 30.9 Å². The van der Waals surface area contributed by atoms with Gasteiger partial charge in [-0.25, -0.2) is 5.01 Å². The highest BCUT2D eigenvalue weighted by atomic mass is 32.2. The van der Waals surface area contributed by atoms with Crippen molar-refractivity contribution >= 4 is 16.9 Å². The molecule has 0 aromatic carbocycles. The summed E-state index contributed by atoms with van der Waals surface area (Å²) < 4.78 is 0. The molecule has 0 spiro atoms. The van der Waals surface area contributed by atoms with Gasteiger partial charge in [-0.3, -0.25) is 10.4 Å². The summed E-state index contributed by atoms with van der Waals surface area (Å²) >= 11 is 1.85. The molecular formula is C11H22N4S. The van der Waals surface area contributed by atoms with Crippen LogP contribution in [0, 0.1) is 5.41 Å². The van der Waals surface area contributed by atoms with Crippen molar-refractivity contribution in [2.75, 3.05) is 45.5 Å². The molecule has 2 aliphatic rings. The van der Waals surface area contributed by atoms with Gasteiger partial charge in [-0.15, -0.1) is 0 Å². The smallest absolute Gasteiger partial charge is 0.171 e. The van der Waals surface area contributed by atoms with Crippen LogP contribution in [0.1, 0.15) is 13.8 Å². The van der Waals surface area contributed by atoms with Crippen molar-refractivity contribution in [2.24, 2.45) is 10.4 Å². The zero-order valence-corrected chi connectivity index (χ0v) is 11.3. The molecule has 0 radical (unpaired) electrons. The van der Waals surface area contributed by atoms with E-state index in [0.717, 1.165) is 43.6 Å². The first kappa shape index (κ1) is 12.2. The van der Waals surface area contributed by atoms with Crippen LogP contribution in [0.2, 0.25) is 0 Å². The third-order valence-corrected chi connectivity index (χ3v) is 4.43. The molecule has 0 aliphatic carbocycles. The summed E-state index contributed by atoms with van der Waals surface area (Å²) in [4.78, 5) is 6.97. The lowest BCUT2D eigenvalue weighted by Gasteiger charge is -2.35. The Labute approximate surface area is 102 Å². The molecule has 1 saturated heterocycles. The van der Waals surface area contributed by atoms with Gasteiger partial charge in [-0.1, -0.05) is 25.6 Å². The monoisotopic (exact) mass is 242 g/mol. The van der Waals surface area contributed by atoms with Crippen LogP contribution < -0.4 is 5.43 Å². The first-order valence-electron chi connectivity index (χ1n) is 5.93. The molecule has 1 N–H and O–H groups in total. The van der Waals surface area contributed by atoms with Crippen molar-refractivity contribution in [2.45, 2.75) is 13.8 Å². The number of aliphatic imine (C=N–C) groups is 1. The minimum absolute atomic E-state index is 0.359. The van der Waals surface area contributed by atoms with Gasteiger partial charge in [0.25, 0.3) is 0 Å². The van der Waals surface area contributed by atoms with Crippen molar-refractivity contribution in [1.82, 2.24) is 15.3 Å². The summed E-state index contributed by atoms with van der Waals surface area (Å²) in [5.74, 6) is 1.16. The molecule has 2 heterocycles. The number of likely N-dealkylation sites (N-methyl/N-ethyl adjacent to an activating group) is 1. The number of nitrogens with one attached hydrogen (secondary N) is 1. The van der Waals surface area contributed by atoms with Gasteiger partial charge in [-0.2, -0.15) is 0 Å². The third-order valence-electron chi connectivity index (χ3n) is 3.01. The lowest BCUT2D eigenvalue weighted by Crippen LogP contribution is -2.52. The molecule has 5 heteroatoms. The van der Waals surface area contributed by atoms with Crippen LogP contribution in [0.15, 0.2) is 4.99 Å². The largest absolute Gasteiger partial charge is 0.304 e. The maximum Gasteiger partial charge on any atom is 0.171 e. The predicted octanol–water partition coefficient (Wildman–Crippen LogP) is 0.867. The molecule has 0 unspecified atom stereocenters. The molecule has 0 bridgehead atoms. The molecule has 16 heavy (non-hydrogen) atoms. The van der Waals surface area contributed by atoms with E-state index in [1.54, 1.807) is 0 Å². The van der Waals surface area contributed by atoms with E-state index in [-0.39, 0.29) is 0 Å². The van der Waals surface area contributed by atoms with Gasteiger partial charge < -0.3 is 4.90 Å². The van der Waals surface area contributed by atoms with Crippen LogP contribution in [0.3, 0.4) is 0 Å². The molecule has 0 saturated carbocycles. The van der Waals surface area contributed by atoms with E-state index in [1.807, 2.05) is 11.8 Å². The van der Waals surface area contributed by atoms with Gasteiger partial charge in [0.05, 0.1) is 0 Å². The SMILES string of the molecule is CN1CCN(NC2=NCC(C)(C)CS2)CC1. The number of amidine groups is 1. The number of rotatable bonds is 1. The maximum absolute atomic E-state index is 4.61. The lowest BCUT2D eigenvalue weighted by molar-refractivity contribution is 0.131. The highest BCUT2D eigenvalue weighted by Crippen LogP contribution is 2.27. The molecule has 92 valence electrons. The van der Waals surface area contributed by atoms with Crippen molar-refractivity contribution in [3.05, 3.63) is 0 Å². The number of thioether (sulfide) groups is 1. The Kier molecular flexibility index (Phi) is 3.77. The second kappa shape index (κ2) is 4.94. The summed E-state index contributed by atoms with van der Waals surface area (Å²) in [5.41, 5.74) is 3.79. The van der Waals surface area contributed by atoms with E-state index < -0.39 is 0 Å². The van der Waals surface area contributed by atoms with Crippen molar-refractivity contribution < 1.29 is 0 Å². The summed E-state index contributed by atoms with van der Waals surface area (Å²) in [6, 6.07) is 0. The Morgan fingerprint density at radius 3 is 2.50 bits per heavy atom.